The summed E-state index contributed by atoms with van der Waals surface area (Å²) in [6.07, 6.45) is 0. The molecule has 0 aliphatic heterocycles. The summed E-state index contributed by atoms with van der Waals surface area (Å²) >= 11 is 0. The van der Waals surface area contributed by atoms with Crippen molar-refractivity contribution in [2.45, 2.75) is 38.8 Å². The molecule has 0 saturated heterocycles. The van der Waals surface area contributed by atoms with Gasteiger partial charge in [-0.05, 0) is 5.31 Å². The standard InChI is InChI=1S/C8H18BO4S/c1-7(2)9-8(3,4)6-13-14(10,11)12-5/h7H,6H2,1-5H3. The molecule has 0 saturated carbocycles. The lowest BCUT2D eigenvalue weighted by Crippen LogP contribution is -2.24. The molecule has 0 unspecified atom stereocenters. The zero-order valence-corrected chi connectivity index (χ0v) is 10.2. The lowest BCUT2D eigenvalue weighted by molar-refractivity contribution is 0.223. The minimum absolute atomic E-state index is 0.0986. The van der Waals surface area contributed by atoms with Crippen LogP contribution < -0.4 is 0 Å². The first-order chi connectivity index (χ1) is 6.18. The predicted molar refractivity (Wildman–Crippen MR) is 56.8 cm³/mol. The van der Waals surface area contributed by atoms with Crippen LogP contribution in [-0.2, 0) is 18.8 Å². The van der Waals surface area contributed by atoms with E-state index in [9.17, 15) is 8.42 Å². The maximum Gasteiger partial charge on any atom is 0.399 e. The Morgan fingerprint density at radius 3 is 2.21 bits per heavy atom. The van der Waals surface area contributed by atoms with Gasteiger partial charge in [-0.1, -0.05) is 33.5 Å². The topological polar surface area (TPSA) is 52.6 Å². The molecule has 0 rings (SSSR count). The van der Waals surface area contributed by atoms with Gasteiger partial charge in [0.05, 0.1) is 13.7 Å². The second-order valence-electron chi connectivity index (χ2n) is 4.24. The van der Waals surface area contributed by atoms with Gasteiger partial charge in [0, 0.05) is 0 Å². The van der Waals surface area contributed by atoms with Crippen LogP contribution in [0.25, 0.3) is 0 Å². The highest BCUT2D eigenvalue weighted by molar-refractivity contribution is 7.81. The second-order valence-corrected chi connectivity index (χ2v) is 5.62. The van der Waals surface area contributed by atoms with Crippen LogP contribution in [-0.4, -0.2) is 29.4 Å². The minimum atomic E-state index is -3.81. The van der Waals surface area contributed by atoms with Crippen LogP contribution in [0.15, 0.2) is 0 Å². The summed E-state index contributed by atoms with van der Waals surface area (Å²) in [5, 5.41) is -0.278. The fourth-order valence-electron chi connectivity index (χ4n) is 1.22. The molecule has 0 atom stereocenters. The lowest BCUT2D eigenvalue weighted by Gasteiger charge is -2.24. The van der Waals surface area contributed by atoms with E-state index in [4.69, 9.17) is 0 Å². The van der Waals surface area contributed by atoms with Gasteiger partial charge in [0.2, 0.25) is 0 Å². The monoisotopic (exact) mass is 221 g/mol. The van der Waals surface area contributed by atoms with Crippen LogP contribution in [0, 0.1) is 0 Å². The molecule has 0 fully saturated rings. The number of rotatable bonds is 6. The summed E-state index contributed by atoms with van der Waals surface area (Å²) in [4.78, 5) is 0. The fourth-order valence-corrected chi connectivity index (χ4v) is 1.77. The van der Waals surface area contributed by atoms with Crippen molar-refractivity contribution < 1.29 is 16.8 Å². The molecule has 0 bridgehead atoms. The molecule has 4 nitrogen and oxygen atoms in total. The minimum Gasteiger partial charge on any atom is -0.252 e. The molecule has 0 aromatic heterocycles. The van der Waals surface area contributed by atoms with Gasteiger partial charge in [0.1, 0.15) is 7.28 Å². The molecule has 14 heavy (non-hydrogen) atoms. The average molecular weight is 221 g/mol. The Labute approximate surface area is 87.6 Å². The van der Waals surface area contributed by atoms with Gasteiger partial charge in [-0.25, -0.2) is 4.18 Å². The van der Waals surface area contributed by atoms with E-state index >= 15 is 0 Å². The van der Waals surface area contributed by atoms with E-state index in [0.29, 0.717) is 5.82 Å². The molecule has 83 valence electrons. The summed E-state index contributed by atoms with van der Waals surface area (Å²) in [5.41, 5.74) is 0. The van der Waals surface area contributed by atoms with Crippen molar-refractivity contribution in [1.82, 2.24) is 0 Å². The SMILES string of the molecule is COS(=O)(=O)OCC(C)(C)[B]C(C)C. The molecule has 1 radical (unpaired) electrons. The van der Waals surface area contributed by atoms with Gasteiger partial charge in [-0.2, -0.15) is 8.42 Å². The maximum absolute atomic E-state index is 10.9. The quantitative estimate of drug-likeness (QED) is 0.639. The Hall–Kier alpha value is -0.0651. The molecule has 0 aromatic rings. The summed E-state index contributed by atoms with van der Waals surface area (Å²) < 4.78 is 30.6. The van der Waals surface area contributed by atoms with Crippen molar-refractivity contribution >= 4 is 17.7 Å². The van der Waals surface area contributed by atoms with Crippen LogP contribution in [0.5, 0.6) is 0 Å². The highest BCUT2D eigenvalue weighted by Gasteiger charge is 2.24. The summed E-state index contributed by atoms with van der Waals surface area (Å²) in [6, 6.07) is 0. The van der Waals surface area contributed by atoms with E-state index in [2.05, 4.69) is 8.37 Å². The van der Waals surface area contributed by atoms with Gasteiger partial charge in [0.25, 0.3) is 0 Å². The Bertz CT molecular complexity index is 259. The van der Waals surface area contributed by atoms with Crippen molar-refractivity contribution in [3.8, 4) is 0 Å². The third kappa shape index (κ3) is 6.40. The van der Waals surface area contributed by atoms with E-state index in [1.807, 2.05) is 35.0 Å². The zero-order valence-electron chi connectivity index (χ0n) is 9.40. The van der Waals surface area contributed by atoms with Gasteiger partial charge in [0.15, 0.2) is 0 Å². The molecule has 0 spiro atoms. The first-order valence-electron chi connectivity index (χ1n) is 4.49. The van der Waals surface area contributed by atoms with E-state index in [1.165, 1.54) is 0 Å². The van der Waals surface area contributed by atoms with Crippen molar-refractivity contribution in [1.29, 1.82) is 0 Å². The highest BCUT2D eigenvalue weighted by Crippen LogP contribution is 2.27. The Kier molecular flexibility index (Phi) is 5.12. The molecule has 0 aliphatic rings. The van der Waals surface area contributed by atoms with Crippen LogP contribution in [0.4, 0.5) is 0 Å². The van der Waals surface area contributed by atoms with E-state index in [1.54, 1.807) is 0 Å². The Morgan fingerprint density at radius 2 is 1.86 bits per heavy atom. The molecule has 0 aliphatic carbocycles. The maximum atomic E-state index is 10.9. The zero-order chi connectivity index (χ0) is 11.4. The Morgan fingerprint density at radius 1 is 1.36 bits per heavy atom. The third-order valence-corrected chi connectivity index (χ3v) is 2.38. The van der Waals surface area contributed by atoms with Crippen LogP contribution >= 0.6 is 0 Å². The van der Waals surface area contributed by atoms with Crippen molar-refractivity contribution in [2.24, 2.45) is 0 Å². The van der Waals surface area contributed by atoms with Crippen LogP contribution in [0.2, 0.25) is 11.1 Å². The van der Waals surface area contributed by atoms with Gasteiger partial charge in [-0.15, -0.1) is 0 Å². The number of hydrogen-bond acceptors (Lipinski definition) is 4. The van der Waals surface area contributed by atoms with E-state index in [-0.39, 0.29) is 11.9 Å². The van der Waals surface area contributed by atoms with Gasteiger partial charge in [-0.3, -0.25) is 4.18 Å². The molecule has 0 amide bonds. The molecular weight excluding hydrogens is 203 g/mol. The van der Waals surface area contributed by atoms with Crippen LogP contribution in [0.1, 0.15) is 27.7 Å². The summed E-state index contributed by atoms with van der Waals surface area (Å²) in [5.74, 6) is 0.388. The first kappa shape index (κ1) is 13.9. The molecule has 0 N–H and O–H groups in total. The van der Waals surface area contributed by atoms with Gasteiger partial charge < -0.3 is 0 Å². The summed E-state index contributed by atoms with van der Waals surface area (Å²) in [6.45, 7) is 8.00. The highest BCUT2D eigenvalue weighted by atomic mass is 32.3. The summed E-state index contributed by atoms with van der Waals surface area (Å²) in [7, 11) is -0.691. The molecular formula is C8H18BO4S. The molecule has 6 heteroatoms. The third-order valence-electron chi connectivity index (χ3n) is 1.56. The van der Waals surface area contributed by atoms with Crippen LogP contribution in [0.3, 0.4) is 0 Å². The van der Waals surface area contributed by atoms with Gasteiger partial charge >= 0.3 is 10.4 Å². The fraction of sp³-hybridized carbons (Fsp3) is 1.00. The first-order valence-corrected chi connectivity index (χ1v) is 5.83. The normalized spacial score (nSPS) is 13.3. The smallest absolute Gasteiger partial charge is 0.252 e. The lowest BCUT2D eigenvalue weighted by atomic mass is 9.48. The van der Waals surface area contributed by atoms with Crippen molar-refractivity contribution in [3.63, 3.8) is 0 Å². The largest absolute Gasteiger partial charge is 0.399 e. The predicted octanol–water partition coefficient (Wildman–Crippen LogP) is 1.63. The van der Waals surface area contributed by atoms with E-state index < -0.39 is 10.4 Å². The van der Waals surface area contributed by atoms with E-state index in [0.717, 1.165) is 7.11 Å². The second kappa shape index (κ2) is 5.14. The average Bonchev–Trinajstić information content (AvgIpc) is 1.99. The molecule has 0 heterocycles. The Balaban J connectivity index is 4.12. The van der Waals surface area contributed by atoms with Crippen molar-refractivity contribution in [2.75, 3.05) is 13.7 Å². The van der Waals surface area contributed by atoms with Crippen molar-refractivity contribution in [3.05, 3.63) is 0 Å². The number of hydrogen-bond donors (Lipinski definition) is 0. The molecule has 0 aromatic carbocycles.